The van der Waals surface area contributed by atoms with E-state index >= 15 is 0 Å². The van der Waals surface area contributed by atoms with E-state index in [9.17, 15) is 0 Å². The zero-order chi connectivity index (χ0) is 18.5. The van der Waals surface area contributed by atoms with Crippen molar-refractivity contribution in [1.29, 1.82) is 0 Å². The van der Waals surface area contributed by atoms with Crippen molar-refractivity contribution in [2.24, 2.45) is 29.6 Å². The fourth-order valence-corrected chi connectivity index (χ4v) is 6.60. The third-order valence-corrected chi connectivity index (χ3v) is 8.33. The molecule has 2 bridgehead atoms. The summed E-state index contributed by atoms with van der Waals surface area (Å²) in [6.45, 7) is 10.9. The summed E-state index contributed by atoms with van der Waals surface area (Å²) in [6, 6.07) is 6.83. The predicted octanol–water partition coefficient (Wildman–Crippen LogP) is 5.04. The summed E-state index contributed by atoms with van der Waals surface area (Å²) >= 11 is 1.70. The summed E-state index contributed by atoms with van der Waals surface area (Å²) in [5, 5.41) is 4.42. The van der Waals surface area contributed by atoms with E-state index in [1.165, 1.54) is 35.7 Å². The molecule has 2 aromatic rings. The average Bonchev–Trinajstić information content (AvgIpc) is 2.83. The van der Waals surface area contributed by atoms with Gasteiger partial charge in [-0.3, -0.25) is 4.90 Å². The Labute approximate surface area is 166 Å². The molecule has 4 nitrogen and oxygen atoms in total. The molecule has 3 aliphatic rings. The second-order valence-electron chi connectivity index (χ2n) is 8.58. The van der Waals surface area contributed by atoms with Crippen LogP contribution in [0.1, 0.15) is 32.8 Å². The molecule has 4 unspecified atom stereocenters. The molecule has 0 radical (unpaired) electrons. The van der Waals surface area contributed by atoms with Gasteiger partial charge in [0.2, 0.25) is 0 Å². The van der Waals surface area contributed by atoms with Crippen molar-refractivity contribution in [1.82, 2.24) is 14.9 Å². The molecule has 4 atom stereocenters. The molecule has 0 amide bonds. The Morgan fingerprint density at radius 3 is 2.59 bits per heavy atom. The summed E-state index contributed by atoms with van der Waals surface area (Å²) < 4.78 is 0. The highest BCUT2D eigenvalue weighted by atomic mass is 32.2. The van der Waals surface area contributed by atoms with Crippen LogP contribution in [0.5, 0.6) is 0 Å². The molecule has 0 spiro atoms. The first-order valence-electron chi connectivity index (χ1n) is 10.2. The lowest BCUT2D eigenvalue weighted by Gasteiger charge is -2.38. The van der Waals surface area contributed by atoms with E-state index in [-0.39, 0.29) is 0 Å². The maximum absolute atomic E-state index is 4.42. The number of nitrogens with one attached hydrogen (secondary N) is 1. The minimum absolute atomic E-state index is 0.863. The van der Waals surface area contributed by atoms with E-state index in [2.05, 4.69) is 59.2 Å². The second kappa shape index (κ2) is 6.78. The van der Waals surface area contributed by atoms with Gasteiger partial charge in [-0.15, -0.1) is 0 Å². The Morgan fingerprint density at radius 1 is 1.11 bits per heavy atom. The van der Waals surface area contributed by atoms with E-state index in [4.69, 9.17) is 0 Å². The minimum Gasteiger partial charge on any atom is -0.337 e. The van der Waals surface area contributed by atoms with Crippen molar-refractivity contribution in [3.05, 3.63) is 36.2 Å². The number of anilines is 2. The Kier molecular flexibility index (Phi) is 4.40. The minimum atomic E-state index is 0.863. The van der Waals surface area contributed by atoms with Crippen LogP contribution in [-0.4, -0.2) is 28.0 Å². The van der Waals surface area contributed by atoms with Crippen LogP contribution in [-0.2, 0) is 6.54 Å². The second-order valence-corrected chi connectivity index (χ2v) is 9.61. The zero-order valence-electron chi connectivity index (χ0n) is 16.4. The van der Waals surface area contributed by atoms with E-state index < -0.39 is 0 Å². The fourth-order valence-electron chi connectivity index (χ4n) is 5.72. The lowest BCUT2D eigenvalue weighted by Crippen LogP contribution is -2.42. The van der Waals surface area contributed by atoms with Gasteiger partial charge in [-0.2, -0.15) is 0 Å². The van der Waals surface area contributed by atoms with E-state index in [1.807, 2.05) is 0 Å². The molecule has 1 saturated carbocycles. The number of hydrogen-bond donors (Lipinski definition) is 1. The van der Waals surface area contributed by atoms with Gasteiger partial charge in [0.25, 0.3) is 0 Å². The average molecular weight is 381 g/mol. The van der Waals surface area contributed by atoms with E-state index in [0.717, 1.165) is 47.0 Å². The van der Waals surface area contributed by atoms with Gasteiger partial charge in [-0.1, -0.05) is 45.0 Å². The predicted molar refractivity (Wildman–Crippen MR) is 110 cm³/mol. The molecule has 1 N–H and O–H groups in total. The van der Waals surface area contributed by atoms with Gasteiger partial charge >= 0.3 is 0 Å². The molecule has 142 valence electrons. The number of likely N-dealkylation sites (tertiary alicyclic amines) is 1. The lowest BCUT2D eigenvalue weighted by atomic mass is 9.81. The first kappa shape index (κ1) is 17.5. The van der Waals surface area contributed by atoms with Crippen LogP contribution in [0.4, 0.5) is 11.5 Å². The first-order valence-corrected chi connectivity index (χ1v) is 11.1. The molecule has 2 fully saturated rings. The van der Waals surface area contributed by atoms with Gasteiger partial charge in [0, 0.05) is 36.9 Å². The largest absolute Gasteiger partial charge is 0.337 e. The molecule has 1 saturated heterocycles. The number of nitrogens with zero attached hydrogens (tertiary/aromatic N) is 3. The third kappa shape index (κ3) is 2.95. The number of benzene rings is 1. The smallest absolute Gasteiger partial charge is 0.163 e. The maximum atomic E-state index is 4.42. The zero-order valence-corrected chi connectivity index (χ0v) is 17.2. The van der Waals surface area contributed by atoms with Gasteiger partial charge in [0.1, 0.15) is 5.03 Å². The Morgan fingerprint density at radius 2 is 1.85 bits per heavy atom. The van der Waals surface area contributed by atoms with Gasteiger partial charge in [0.15, 0.2) is 5.82 Å². The molecule has 3 heterocycles. The summed E-state index contributed by atoms with van der Waals surface area (Å²) in [7, 11) is 0. The van der Waals surface area contributed by atoms with Crippen molar-refractivity contribution in [2.45, 2.75) is 43.7 Å². The first-order chi connectivity index (χ1) is 13.1. The summed E-state index contributed by atoms with van der Waals surface area (Å²) in [5.74, 6) is 5.28. The van der Waals surface area contributed by atoms with Crippen LogP contribution in [0.2, 0.25) is 0 Å². The van der Waals surface area contributed by atoms with Crippen LogP contribution < -0.4 is 5.32 Å². The van der Waals surface area contributed by atoms with E-state index in [0.29, 0.717) is 0 Å². The SMILES string of the molecule is CCC1C2CN(Cc3ccc4c(c3)Nc3nccnc3S4)CC1C(C)C2C. The highest BCUT2D eigenvalue weighted by Crippen LogP contribution is 2.51. The number of fused-ring (bicyclic) bond motifs is 4. The van der Waals surface area contributed by atoms with Crippen LogP contribution in [0.15, 0.2) is 40.5 Å². The van der Waals surface area contributed by atoms with Crippen LogP contribution in [0, 0.1) is 29.6 Å². The Bertz CT molecular complexity index is 836. The van der Waals surface area contributed by atoms with Crippen molar-refractivity contribution >= 4 is 23.3 Å². The standard InChI is InChI=1S/C22H28N4S/c1-4-16-17-11-26(12-18(16)14(3)13(17)2)10-15-5-6-20-19(9-15)25-21-22(27-20)24-8-7-23-21/h5-9,13-14,16-18H,4,10-12H2,1-3H3,(H,23,25). The quantitative estimate of drug-likeness (QED) is 0.689. The highest BCUT2D eigenvalue weighted by Gasteiger charge is 2.49. The molecule has 1 aromatic heterocycles. The van der Waals surface area contributed by atoms with Crippen molar-refractivity contribution in [3.63, 3.8) is 0 Å². The summed E-state index contributed by atoms with van der Waals surface area (Å²) in [6.07, 6.45) is 4.85. The number of piperidine rings is 1. The van der Waals surface area contributed by atoms with Crippen LogP contribution in [0.25, 0.3) is 0 Å². The normalized spacial score (nSPS) is 31.9. The monoisotopic (exact) mass is 380 g/mol. The van der Waals surface area contributed by atoms with Crippen LogP contribution in [0.3, 0.4) is 0 Å². The summed E-state index contributed by atoms with van der Waals surface area (Å²) in [4.78, 5) is 12.8. The Balaban J connectivity index is 1.33. The number of aromatic nitrogens is 2. The van der Waals surface area contributed by atoms with Gasteiger partial charge in [-0.25, -0.2) is 9.97 Å². The van der Waals surface area contributed by atoms with Gasteiger partial charge in [0.05, 0.1) is 5.69 Å². The number of hydrogen-bond acceptors (Lipinski definition) is 5. The van der Waals surface area contributed by atoms with Gasteiger partial charge in [-0.05, 0) is 47.3 Å². The maximum Gasteiger partial charge on any atom is 0.163 e. The summed E-state index contributed by atoms with van der Waals surface area (Å²) in [5.41, 5.74) is 2.56. The molecule has 5 heteroatoms. The molecule has 5 rings (SSSR count). The van der Waals surface area contributed by atoms with E-state index in [1.54, 1.807) is 24.2 Å². The third-order valence-electron chi connectivity index (χ3n) is 7.26. The fraction of sp³-hybridized carbons (Fsp3) is 0.545. The molecule has 27 heavy (non-hydrogen) atoms. The molecular weight excluding hydrogens is 352 g/mol. The number of rotatable bonds is 3. The highest BCUT2D eigenvalue weighted by molar-refractivity contribution is 7.99. The molecule has 1 aliphatic carbocycles. The van der Waals surface area contributed by atoms with Crippen LogP contribution >= 0.6 is 11.8 Å². The van der Waals surface area contributed by atoms with Gasteiger partial charge < -0.3 is 5.32 Å². The van der Waals surface area contributed by atoms with Crippen molar-refractivity contribution < 1.29 is 0 Å². The van der Waals surface area contributed by atoms with Crippen molar-refractivity contribution in [3.8, 4) is 0 Å². The molecular formula is C22H28N4S. The van der Waals surface area contributed by atoms with Crippen molar-refractivity contribution in [2.75, 3.05) is 18.4 Å². The lowest BCUT2D eigenvalue weighted by molar-refractivity contribution is 0.0891. The topological polar surface area (TPSA) is 41.0 Å². The molecule has 2 aliphatic heterocycles. The Hall–Kier alpha value is -1.59. The molecule has 1 aromatic carbocycles.